The summed E-state index contributed by atoms with van der Waals surface area (Å²) in [7, 11) is 0. The van der Waals surface area contributed by atoms with Gasteiger partial charge in [-0.15, -0.1) is 0 Å². The minimum atomic E-state index is -0.675. The normalized spacial score (nSPS) is 11.8. The summed E-state index contributed by atoms with van der Waals surface area (Å²) in [6.07, 6.45) is 0.416. The molecule has 5 nitrogen and oxygen atoms in total. The Balaban J connectivity index is 1.91. The quantitative estimate of drug-likeness (QED) is 0.303. The molecule has 3 aromatic rings. The second kappa shape index (κ2) is 13.4. The molecular weight excluding hydrogens is 528 g/mol. The van der Waals surface area contributed by atoms with Crippen molar-refractivity contribution >= 4 is 27.7 Å². The summed E-state index contributed by atoms with van der Waals surface area (Å²) in [5, 5.41) is 3.05. The molecule has 6 heteroatoms. The molecule has 0 aliphatic heterocycles. The van der Waals surface area contributed by atoms with Crippen molar-refractivity contribution in [2.24, 2.45) is 5.92 Å². The Morgan fingerprint density at radius 2 is 1.57 bits per heavy atom. The Morgan fingerprint density at radius 3 is 2.19 bits per heavy atom. The lowest BCUT2D eigenvalue weighted by Gasteiger charge is -2.32. The number of amides is 2. The maximum absolute atomic E-state index is 13.7. The molecule has 3 aromatic carbocycles. The summed E-state index contributed by atoms with van der Waals surface area (Å²) in [5.41, 5.74) is 5.14. The lowest BCUT2D eigenvalue weighted by molar-refractivity contribution is -0.142. The van der Waals surface area contributed by atoms with Gasteiger partial charge < -0.3 is 15.0 Å². The zero-order valence-corrected chi connectivity index (χ0v) is 24.0. The summed E-state index contributed by atoms with van der Waals surface area (Å²) in [5.74, 6) is 0.537. The van der Waals surface area contributed by atoms with Crippen LogP contribution in [0.5, 0.6) is 5.75 Å². The van der Waals surface area contributed by atoms with Gasteiger partial charge in [0.15, 0.2) is 6.61 Å². The van der Waals surface area contributed by atoms with Crippen molar-refractivity contribution in [1.29, 1.82) is 0 Å². The highest BCUT2D eigenvalue weighted by Gasteiger charge is 2.30. The number of nitrogens with zero attached hydrogens (tertiary/aromatic N) is 1. The maximum Gasteiger partial charge on any atom is 0.261 e. The van der Waals surface area contributed by atoms with Crippen LogP contribution in [-0.2, 0) is 22.6 Å². The third-order valence-corrected chi connectivity index (χ3v) is 7.41. The molecule has 3 rings (SSSR count). The van der Waals surface area contributed by atoms with Crippen molar-refractivity contribution in [2.75, 3.05) is 13.2 Å². The molecule has 1 unspecified atom stereocenters. The van der Waals surface area contributed by atoms with Crippen LogP contribution in [-0.4, -0.2) is 35.9 Å². The molecule has 0 heterocycles. The van der Waals surface area contributed by atoms with Crippen LogP contribution in [0.3, 0.4) is 0 Å². The summed E-state index contributed by atoms with van der Waals surface area (Å²) in [6.45, 7) is 10.8. The Bertz CT molecular complexity index is 1190. The molecule has 1 atom stereocenters. The molecule has 0 aromatic heterocycles. The van der Waals surface area contributed by atoms with E-state index in [0.29, 0.717) is 31.2 Å². The van der Waals surface area contributed by atoms with Gasteiger partial charge in [-0.3, -0.25) is 9.59 Å². The number of halogens is 1. The predicted molar refractivity (Wildman–Crippen MR) is 153 cm³/mol. The van der Waals surface area contributed by atoms with Crippen LogP contribution in [0.25, 0.3) is 0 Å². The first-order chi connectivity index (χ1) is 17.6. The SMILES string of the molecule is Cc1cccc(CN(C(=O)COc2cc(C)c(Br)c(C)c2)C(Cc2ccccc2)C(=O)NCC(C)C)c1. The van der Waals surface area contributed by atoms with E-state index in [0.717, 1.165) is 32.3 Å². The molecule has 0 aliphatic rings. The molecule has 0 bridgehead atoms. The van der Waals surface area contributed by atoms with Crippen LogP contribution >= 0.6 is 15.9 Å². The fourth-order valence-corrected chi connectivity index (χ4v) is 4.43. The van der Waals surface area contributed by atoms with E-state index >= 15 is 0 Å². The molecule has 1 N–H and O–H groups in total. The molecule has 0 fully saturated rings. The van der Waals surface area contributed by atoms with Gasteiger partial charge >= 0.3 is 0 Å². The van der Waals surface area contributed by atoms with Gasteiger partial charge in [0, 0.05) is 24.0 Å². The monoisotopic (exact) mass is 564 g/mol. The third kappa shape index (κ3) is 8.46. The van der Waals surface area contributed by atoms with Crippen LogP contribution in [0.4, 0.5) is 0 Å². The van der Waals surface area contributed by atoms with Crippen LogP contribution in [0.1, 0.15) is 41.7 Å². The first kappa shape index (κ1) is 28.5. The number of hydrogen-bond acceptors (Lipinski definition) is 3. The number of hydrogen-bond donors (Lipinski definition) is 1. The molecule has 0 saturated carbocycles. The fraction of sp³-hybridized carbons (Fsp3) is 0.355. The molecular formula is C31H37BrN2O3. The molecule has 0 radical (unpaired) electrons. The molecule has 0 spiro atoms. The largest absolute Gasteiger partial charge is 0.484 e. The van der Waals surface area contributed by atoms with Gasteiger partial charge in [0.05, 0.1) is 0 Å². The van der Waals surface area contributed by atoms with Gasteiger partial charge in [-0.1, -0.05) is 89.9 Å². The molecule has 196 valence electrons. The average molecular weight is 566 g/mol. The van der Waals surface area contributed by atoms with E-state index in [4.69, 9.17) is 4.74 Å². The van der Waals surface area contributed by atoms with E-state index in [-0.39, 0.29) is 18.4 Å². The maximum atomic E-state index is 13.7. The third-order valence-electron chi connectivity index (χ3n) is 6.16. The molecule has 2 amide bonds. The van der Waals surface area contributed by atoms with E-state index in [2.05, 4.69) is 35.1 Å². The molecule has 0 saturated heterocycles. The van der Waals surface area contributed by atoms with E-state index in [9.17, 15) is 9.59 Å². The summed E-state index contributed by atoms with van der Waals surface area (Å²) in [4.78, 5) is 28.9. The lowest BCUT2D eigenvalue weighted by Crippen LogP contribution is -2.52. The summed E-state index contributed by atoms with van der Waals surface area (Å²) < 4.78 is 6.99. The van der Waals surface area contributed by atoms with Crippen molar-refractivity contribution in [1.82, 2.24) is 10.2 Å². The number of aryl methyl sites for hydroxylation is 3. The van der Waals surface area contributed by atoms with Crippen molar-refractivity contribution < 1.29 is 14.3 Å². The molecule has 37 heavy (non-hydrogen) atoms. The number of nitrogens with one attached hydrogen (secondary N) is 1. The lowest BCUT2D eigenvalue weighted by atomic mass is 10.0. The zero-order valence-electron chi connectivity index (χ0n) is 22.4. The fourth-order valence-electron chi connectivity index (χ4n) is 4.20. The van der Waals surface area contributed by atoms with Crippen LogP contribution in [0, 0.1) is 26.7 Å². The van der Waals surface area contributed by atoms with Crippen molar-refractivity contribution in [3.63, 3.8) is 0 Å². The second-order valence-corrected chi connectivity index (χ2v) is 10.8. The first-order valence-electron chi connectivity index (χ1n) is 12.7. The van der Waals surface area contributed by atoms with Gasteiger partial charge in [0.1, 0.15) is 11.8 Å². The van der Waals surface area contributed by atoms with E-state index in [1.807, 2.05) is 87.5 Å². The number of ether oxygens (including phenoxy) is 1. The number of carbonyl (C=O) groups is 2. The Morgan fingerprint density at radius 1 is 0.919 bits per heavy atom. The van der Waals surface area contributed by atoms with Crippen LogP contribution < -0.4 is 10.1 Å². The molecule has 0 aliphatic carbocycles. The van der Waals surface area contributed by atoms with Gasteiger partial charge in [-0.25, -0.2) is 0 Å². The van der Waals surface area contributed by atoms with E-state index in [1.165, 1.54) is 0 Å². The van der Waals surface area contributed by atoms with Gasteiger partial charge in [0.25, 0.3) is 5.91 Å². The smallest absolute Gasteiger partial charge is 0.261 e. The Kier molecular flexibility index (Phi) is 10.3. The number of rotatable bonds is 11. The summed E-state index contributed by atoms with van der Waals surface area (Å²) >= 11 is 3.58. The van der Waals surface area contributed by atoms with Gasteiger partial charge in [0.2, 0.25) is 5.91 Å². The van der Waals surface area contributed by atoms with Gasteiger partial charge in [-0.05, 0) is 61.1 Å². The number of carbonyl (C=O) groups excluding carboxylic acids is 2. The highest BCUT2D eigenvalue weighted by molar-refractivity contribution is 9.10. The minimum absolute atomic E-state index is 0.158. The Hall–Kier alpha value is -3.12. The van der Waals surface area contributed by atoms with Crippen LogP contribution in [0.15, 0.2) is 71.2 Å². The Labute approximate surface area is 229 Å². The highest BCUT2D eigenvalue weighted by Crippen LogP contribution is 2.26. The van der Waals surface area contributed by atoms with E-state index < -0.39 is 6.04 Å². The van der Waals surface area contributed by atoms with Gasteiger partial charge in [-0.2, -0.15) is 0 Å². The van der Waals surface area contributed by atoms with Crippen molar-refractivity contribution in [2.45, 2.75) is 53.6 Å². The average Bonchev–Trinajstić information content (AvgIpc) is 2.87. The minimum Gasteiger partial charge on any atom is -0.484 e. The van der Waals surface area contributed by atoms with Crippen LogP contribution in [0.2, 0.25) is 0 Å². The van der Waals surface area contributed by atoms with E-state index in [1.54, 1.807) is 4.90 Å². The highest BCUT2D eigenvalue weighted by atomic mass is 79.9. The zero-order chi connectivity index (χ0) is 26.9. The second-order valence-electron chi connectivity index (χ2n) is 10.0. The summed E-state index contributed by atoms with van der Waals surface area (Å²) in [6, 6.07) is 21.0. The first-order valence-corrected chi connectivity index (χ1v) is 13.5. The standard InChI is InChI=1S/C31H37BrN2O3/c1-21(2)18-33-31(36)28(17-25-11-7-6-8-12-25)34(19-26-13-9-10-22(3)14-26)29(35)20-37-27-15-23(4)30(32)24(5)16-27/h6-16,21,28H,17-20H2,1-5H3,(H,33,36). The topological polar surface area (TPSA) is 58.6 Å². The predicted octanol–water partition coefficient (Wildman–Crippen LogP) is 6.17. The number of benzene rings is 3. The van der Waals surface area contributed by atoms with Crippen molar-refractivity contribution in [3.05, 3.63) is 99.0 Å². The van der Waals surface area contributed by atoms with Crippen molar-refractivity contribution in [3.8, 4) is 5.75 Å².